The first-order valence-corrected chi connectivity index (χ1v) is 9.51. The molecular weight excluding hydrogens is 306 g/mol. The van der Waals surface area contributed by atoms with Crippen molar-refractivity contribution in [3.63, 3.8) is 0 Å². The molecule has 0 aromatic heterocycles. The molecule has 24 heavy (non-hydrogen) atoms. The van der Waals surface area contributed by atoms with Gasteiger partial charge in [0.05, 0.1) is 0 Å². The minimum Gasteiger partial charge on any atom is -0.465 e. The average molecular weight is 337 g/mol. The van der Waals surface area contributed by atoms with E-state index in [0.29, 0.717) is 19.1 Å². The van der Waals surface area contributed by atoms with Gasteiger partial charge in [-0.15, -0.1) is 0 Å². The maximum Gasteiger partial charge on any atom is 0.407 e. The molecule has 3 aliphatic rings. The molecule has 1 saturated carbocycles. The van der Waals surface area contributed by atoms with Crippen molar-refractivity contribution in [2.45, 2.75) is 69.9 Å². The first-order valence-electron chi connectivity index (χ1n) is 9.51. The molecular formula is C18H31N3O3. The number of carboxylic acid groups (broad SMARTS) is 1. The van der Waals surface area contributed by atoms with E-state index in [2.05, 4.69) is 17.1 Å². The number of likely N-dealkylation sites (tertiary alicyclic amines) is 2. The lowest BCUT2D eigenvalue weighted by Gasteiger charge is -2.42. The molecule has 2 heterocycles. The van der Waals surface area contributed by atoms with Crippen molar-refractivity contribution >= 4 is 12.0 Å². The summed E-state index contributed by atoms with van der Waals surface area (Å²) >= 11 is 0. The average Bonchev–Trinajstić information content (AvgIpc) is 2.79. The van der Waals surface area contributed by atoms with Crippen molar-refractivity contribution in [3.05, 3.63) is 0 Å². The van der Waals surface area contributed by atoms with Crippen LogP contribution in [0.25, 0.3) is 0 Å². The summed E-state index contributed by atoms with van der Waals surface area (Å²) in [6, 6.07) is 0.475. The van der Waals surface area contributed by atoms with Gasteiger partial charge in [-0.1, -0.05) is 0 Å². The van der Waals surface area contributed by atoms with Crippen molar-refractivity contribution in [2.24, 2.45) is 5.92 Å². The summed E-state index contributed by atoms with van der Waals surface area (Å²) < 4.78 is 0. The summed E-state index contributed by atoms with van der Waals surface area (Å²) in [4.78, 5) is 27.6. The highest BCUT2D eigenvalue weighted by atomic mass is 16.4. The molecule has 1 aliphatic carbocycles. The Hall–Kier alpha value is -1.30. The maximum absolute atomic E-state index is 12.5. The summed E-state index contributed by atoms with van der Waals surface area (Å²) in [5, 5.41) is 12.4. The Kier molecular flexibility index (Phi) is 5.33. The summed E-state index contributed by atoms with van der Waals surface area (Å²) in [6.45, 7) is 5.38. The maximum atomic E-state index is 12.5. The second kappa shape index (κ2) is 7.30. The van der Waals surface area contributed by atoms with Gasteiger partial charge < -0.3 is 20.2 Å². The molecule has 3 fully saturated rings. The summed E-state index contributed by atoms with van der Waals surface area (Å²) in [7, 11) is 0. The molecule has 1 atom stereocenters. The smallest absolute Gasteiger partial charge is 0.407 e. The van der Waals surface area contributed by atoms with Crippen LogP contribution in [0.15, 0.2) is 0 Å². The number of rotatable bonds is 3. The molecule has 6 nitrogen and oxygen atoms in total. The number of carbonyl (C=O) groups excluding carboxylic acids is 1. The largest absolute Gasteiger partial charge is 0.465 e. The Morgan fingerprint density at radius 1 is 1.00 bits per heavy atom. The zero-order valence-corrected chi connectivity index (χ0v) is 14.8. The predicted molar refractivity (Wildman–Crippen MR) is 91.9 cm³/mol. The molecule has 3 rings (SSSR count). The first kappa shape index (κ1) is 17.5. The van der Waals surface area contributed by atoms with Crippen LogP contribution in [0.1, 0.15) is 58.3 Å². The summed E-state index contributed by atoms with van der Waals surface area (Å²) in [5.41, 5.74) is 0.0514. The number of nitrogens with one attached hydrogen (secondary N) is 1. The monoisotopic (exact) mass is 337 g/mol. The SMILES string of the molecule is CC1(NC(=O)C2CCN([C@H]3CCCN(C(=O)O)CC3)CC2)CCC1. The van der Waals surface area contributed by atoms with Crippen molar-refractivity contribution < 1.29 is 14.7 Å². The third-order valence-electron chi connectivity index (χ3n) is 6.27. The molecule has 0 aromatic carbocycles. The van der Waals surface area contributed by atoms with Crippen LogP contribution >= 0.6 is 0 Å². The molecule has 0 aromatic rings. The lowest BCUT2D eigenvalue weighted by molar-refractivity contribution is -0.129. The van der Waals surface area contributed by atoms with Gasteiger partial charge >= 0.3 is 6.09 Å². The third kappa shape index (κ3) is 4.02. The first-order chi connectivity index (χ1) is 11.5. The second-order valence-corrected chi connectivity index (χ2v) is 8.07. The van der Waals surface area contributed by atoms with Gasteiger partial charge in [0.15, 0.2) is 0 Å². The van der Waals surface area contributed by atoms with Crippen LogP contribution in [-0.4, -0.2) is 64.7 Å². The predicted octanol–water partition coefficient (Wildman–Crippen LogP) is 2.29. The van der Waals surface area contributed by atoms with Crippen LogP contribution in [0.4, 0.5) is 4.79 Å². The zero-order valence-electron chi connectivity index (χ0n) is 14.8. The molecule has 2 saturated heterocycles. The molecule has 0 bridgehead atoms. The molecule has 6 heteroatoms. The van der Waals surface area contributed by atoms with E-state index in [9.17, 15) is 9.59 Å². The number of nitrogens with zero attached hydrogens (tertiary/aromatic N) is 2. The van der Waals surface area contributed by atoms with Gasteiger partial charge in [0.2, 0.25) is 5.91 Å². The van der Waals surface area contributed by atoms with Gasteiger partial charge in [0.1, 0.15) is 0 Å². The molecule has 0 spiro atoms. The highest BCUT2D eigenvalue weighted by Crippen LogP contribution is 2.32. The fourth-order valence-corrected chi connectivity index (χ4v) is 4.39. The quantitative estimate of drug-likeness (QED) is 0.829. The molecule has 136 valence electrons. The lowest BCUT2D eigenvalue weighted by Crippen LogP contribution is -2.54. The Labute approximate surface area is 144 Å². The van der Waals surface area contributed by atoms with Crippen LogP contribution in [-0.2, 0) is 4.79 Å². The lowest BCUT2D eigenvalue weighted by atomic mass is 9.78. The normalized spacial score (nSPS) is 28.7. The van der Waals surface area contributed by atoms with Crippen molar-refractivity contribution in [2.75, 3.05) is 26.2 Å². The Bertz CT molecular complexity index is 470. The Morgan fingerprint density at radius 2 is 1.71 bits per heavy atom. The topological polar surface area (TPSA) is 72.9 Å². The van der Waals surface area contributed by atoms with E-state index in [1.165, 1.54) is 6.42 Å². The number of hydrogen-bond donors (Lipinski definition) is 2. The number of amides is 2. The molecule has 2 aliphatic heterocycles. The van der Waals surface area contributed by atoms with Gasteiger partial charge in [-0.05, 0) is 71.4 Å². The summed E-state index contributed by atoms with van der Waals surface area (Å²) in [6.07, 6.45) is 7.44. The molecule has 2 N–H and O–H groups in total. The number of piperidine rings is 1. The van der Waals surface area contributed by atoms with E-state index < -0.39 is 6.09 Å². The number of carbonyl (C=O) groups is 2. The fraction of sp³-hybridized carbons (Fsp3) is 0.889. The minimum absolute atomic E-state index is 0.0514. The van der Waals surface area contributed by atoms with Crippen LogP contribution in [0.3, 0.4) is 0 Å². The van der Waals surface area contributed by atoms with Gasteiger partial charge in [-0.25, -0.2) is 4.79 Å². The fourth-order valence-electron chi connectivity index (χ4n) is 4.39. The zero-order chi connectivity index (χ0) is 17.2. The minimum atomic E-state index is -0.796. The van der Waals surface area contributed by atoms with Crippen LogP contribution < -0.4 is 5.32 Å². The Morgan fingerprint density at radius 3 is 2.29 bits per heavy atom. The molecule has 0 unspecified atom stereocenters. The second-order valence-electron chi connectivity index (χ2n) is 8.07. The van der Waals surface area contributed by atoms with Crippen LogP contribution in [0.5, 0.6) is 0 Å². The van der Waals surface area contributed by atoms with E-state index in [1.807, 2.05) is 0 Å². The van der Waals surface area contributed by atoms with Gasteiger partial charge in [0.25, 0.3) is 0 Å². The third-order valence-corrected chi connectivity index (χ3v) is 6.27. The van der Waals surface area contributed by atoms with Gasteiger partial charge in [0, 0.05) is 30.6 Å². The van der Waals surface area contributed by atoms with E-state index in [0.717, 1.165) is 58.0 Å². The van der Waals surface area contributed by atoms with Crippen molar-refractivity contribution in [1.82, 2.24) is 15.1 Å². The van der Waals surface area contributed by atoms with Crippen LogP contribution in [0, 0.1) is 5.92 Å². The molecule has 2 amide bonds. The van der Waals surface area contributed by atoms with E-state index >= 15 is 0 Å². The van der Waals surface area contributed by atoms with Gasteiger partial charge in [-0.2, -0.15) is 0 Å². The van der Waals surface area contributed by atoms with Crippen molar-refractivity contribution in [1.29, 1.82) is 0 Å². The van der Waals surface area contributed by atoms with E-state index in [-0.39, 0.29) is 17.4 Å². The number of hydrogen-bond acceptors (Lipinski definition) is 3. The van der Waals surface area contributed by atoms with Crippen molar-refractivity contribution in [3.8, 4) is 0 Å². The van der Waals surface area contributed by atoms with E-state index in [1.54, 1.807) is 4.90 Å². The highest BCUT2D eigenvalue weighted by molar-refractivity contribution is 5.79. The van der Waals surface area contributed by atoms with Crippen LogP contribution in [0.2, 0.25) is 0 Å². The molecule has 0 radical (unpaired) electrons. The standard InChI is InChI=1S/C18H31N3O3/c1-18(8-3-9-18)19-16(22)14-5-11-20(12-6-14)15-4-2-10-21(13-7-15)17(23)24/h14-15H,2-13H2,1H3,(H,19,22)(H,23,24)/t15-/m0/s1. The van der Waals surface area contributed by atoms with Gasteiger partial charge in [-0.3, -0.25) is 4.79 Å². The summed E-state index contributed by atoms with van der Waals surface area (Å²) in [5.74, 6) is 0.398. The highest BCUT2D eigenvalue weighted by Gasteiger charge is 2.36. The van der Waals surface area contributed by atoms with E-state index in [4.69, 9.17) is 5.11 Å². The Balaban J connectivity index is 1.44.